The molecule has 5 nitrogen and oxygen atoms in total. The minimum atomic E-state index is 0.465. The Morgan fingerprint density at radius 1 is 1.10 bits per heavy atom. The van der Waals surface area contributed by atoms with Crippen molar-refractivity contribution in [3.05, 3.63) is 54.5 Å². The maximum Gasteiger partial charge on any atom is 0.139 e. The Kier molecular flexibility index (Phi) is 4.92. The van der Waals surface area contributed by atoms with Gasteiger partial charge in [-0.25, -0.2) is 0 Å². The molecule has 29 heavy (non-hydrogen) atoms. The molecule has 2 aromatic heterocycles. The molecule has 0 aliphatic carbocycles. The predicted molar refractivity (Wildman–Crippen MR) is 117 cm³/mol. The molecule has 5 rings (SSSR count). The highest BCUT2D eigenvalue weighted by molar-refractivity contribution is 5.82. The van der Waals surface area contributed by atoms with Crippen molar-refractivity contribution in [2.45, 2.75) is 32.2 Å². The highest BCUT2D eigenvalue weighted by atomic mass is 16.5. The lowest BCUT2D eigenvalue weighted by Gasteiger charge is -2.48. The lowest BCUT2D eigenvalue weighted by Crippen LogP contribution is -2.49. The van der Waals surface area contributed by atoms with E-state index in [2.05, 4.69) is 56.3 Å². The summed E-state index contributed by atoms with van der Waals surface area (Å²) in [5, 5.41) is 1.37. The Hall–Kier alpha value is -2.53. The van der Waals surface area contributed by atoms with Crippen molar-refractivity contribution >= 4 is 16.6 Å². The number of nitrogens with one attached hydrogen (secondary N) is 1. The number of aromatic nitrogens is 2. The number of benzene rings is 1. The Labute approximate surface area is 172 Å². The van der Waals surface area contributed by atoms with Crippen LogP contribution in [0.4, 0.5) is 5.69 Å². The van der Waals surface area contributed by atoms with Crippen LogP contribution >= 0.6 is 0 Å². The SMILES string of the molecule is COc1cncc(N2CCC3(CCCN(Cc4c[nH]c5ccccc45)C3)CC2)c1. The van der Waals surface area contributed by atoms with Crippen molar-refractivity contribution in [3.8, 4) is 5.75 Å². The van der Waals surface area contributed by atoms with Crippen LogP contribution in [0.2, 0.25) is 0 Å². The van der Waals surface area contributed by atoms with Gasteiger partial charge in [-0.15, -0.1) is 0 Å². The first kappa shape index (κ1) is 18.5. The molecule has 1 spiro atoms. The van der Waals surface area contributed by atoms with Gasteiger partial charge < -0.3 is 14.6 Å². The average molecular weight is 391 g/mol. The molecule has 1 N–H and O–H groups in total. The molecule has 2 fully saturated rings. The van der Waals surface area contributed by atoms with E-state index in [-0.39, 0.29) is 0 Å². The van der Waals surface area contributed by atoms with E-state index in [0.717, 1.165) is 25.4 Å². The van der Waals surface area contributed by atoms with Crippen LogP contribution in [0.15, 0.2) is 48.9 Å². The van der Waals surface area contributed by atoms with Crippen LogP contribution in [0.3, 0.4) is 0 Å². The zero-order chi connectivity index (χ0) is 19.7. The second kappa shape index (κ2) is 7.71. The Morgan fingerprint density at radius 3 is 2.83 bits per heavy atom. The van der Waals surface area contributed by atoms with Gasteiger partial charge in [0.25, 0.3) is 0 Å². The number of fused-ring (bicyclic) bond motifs is 1. The summed E-state index contributed by atoms with van der Waals surface area (Å²) in [5.41, 5.74) is 4.32. The number of aromatic amines is 1. The summed E-state index contributed by atoms with van der Waals surface area (Å²) >= 11 is 0. The van der Waals surface area contributed by atoms with Gasteiger partial charge in [0.05, 0.1) is 25.2 Å². The first-order valence-electron chi connectivity index (χ1n) is 10.8. The number of hydrogen-bond donors (Lipinski definition) is 1. The number of anilines is 1. The molecule has 0 unspecified atom stereocenters. The summed E-state index contributed by atoms with van der Waals surface area (Å²) in [4.78, 5) is 12.9. The highest BCUT2D eigenvalue weighted by Gasteiger charge is 2.38. The molecular formula is C24H30N4O. The van der Waals surface area contributed by atoms with Gasteiger partial charge in [-0.1, -0.05) is 18.2 Å². The number of nitrogens with zero attached hydrogens (tertiary/aromatic N) is 3. The van der Waals surface area contributed by atoms with Crippen molar-refractivity contribution in [1.82, 2.24) is 14.9 Å². The lowest BCUT2D eigenvalue weighted by atomic mass is 9.72. The molecule has 3 aromatic rings. The van der Waals surface area contributed by atoms with Crippen molar-refractivity contribution in [1.29, 1.82) is 0 Å². The van der Waals surface area contributed by atoms with Crippen LogP contribution in [0.5, 0.6) is 5.75 Å². The van der Waals surface area contributed by atoms with Gasteiger partial charge in [-0.2, -0.15) is 0 Å². The van der Waals surface area contributed by atoms with Crippen LogP contribution in [-0.4, -0.2) is 48.2 Å². The van der Waals surface area contributed by atoms with Gasteiger partial charge in [0.2, 0.25) is 0 Å². The van der Waals surface area contributed by atoms with Crippen LogP contribution in [0.1, 0.15) is 31.2 Å². The van der Waals surface area contributed by atoms with E-state index in [0.29, 0.717) is 5.41 Å². The smallest absolute Gasteiger partial charge is 0.139 e. The van der Waals surface area contributed by atoms with Crippen LogP contribution in [-0.2, 0) is 6.54 Å². The van der Waals surface area contributed by atoms with Gasteiger partial charge in [-0.05, 0) is 49.3 Å². The fraction of sp³-hybridized carbons (Fsp3) is 0.458. The summed E-state index contributed by atoms with van der Waals surface area (Å²) in [6, 6.07) is 10.8. The van der Waals surface area contributed by atoms with Crippen molar-refractivity contribution < 1.29 is 4.74 Å². The van der Waals surface area contributed by atoms with Crippen LogP contribution in [0, 0.1) is 5.41 Å². The summed E-state index contributed by atoms with van der Waals surface area (Å²) in [5.74, 6) is 0.838. The highest BCUT2D eigenvalue weighted by Crippen LogP contribution is 2.41. The maximum absolute atomic E-state index is 5.35. The fourth-order valence-electron chi connectivity index (χ4n) is 5.29. The second-order valence-electron chi connectivity index (χ2n) is 8.74. The number of rotatable bonds is 4. The standard InChI is InChI=1S/C24H30N4O/c1-29-21-13-20(15-25-16-21)28-11-8-24(9-12-28)7-4-10-27(18-24)17-19-14-26-23-6-3-2-5-22(19)23/h2-3,5-6,13-16,26H,4,7-12,17-18H2,1H3. The number of methoxy groups -OCH3 is 1. The van der Waals surface area contributed by atoms with E-state index in [4.69, 9.17) is 4.74 Å². The van der Waals surface area contributed by atoms with Gasteiger partial charge in [-0.3, -0.25) is 9.88 Å². The van der Waals surface area contributed by atoms with E-state index < -0.39 is 0 Å². The van der Waals surface area contributed by atoms with Crippen molar-refractivity contribution in [2.75, 3.05) is 38.2 Å². The molecule has 0 atom stereocenters. The number of hydrogen-bond acceptors (Lipinski definition) is 4. The molecule has 2 aliphatic heterocycles. The number of H-pyrrole nitrogens is 1. The molecular weight excluding hydrogens is 360 g/mol. The first-order chi connectivity index (χ1) is 14.2. The number of ether oxygens (including phenoxy) is 1. The van der Waals surface area contributed by atoms with Gasteiger partial charge in [0.1, 0.15) is 5.75 Å². The lowest BCUT2D eigenvalue weighted by molar-refractivity contribution is 0.0608. The number of likely N-dealkylation sites (tertiary alicyclic amines) is 1. The predicted octanol–water partition coefficient (Wildman–Crippen LogP) is 4.45. The minimum absolute atomic E-state index is 0.465. The molecule has 2 saturated heterocycles. The largest absolute Gasteiger partial charge is 0.495 e. The molecule has 5 heteroatoms. The molecule has 2 aliphatic rings. The van der Waals surface area contributed by atoms with Crippen molar-refractivity contribution in [3.63, 3.8) is 0 Å². The molecule has 1 aromatic carbocycles. The van der Waals surface area contributed by atoms with Crippen molar-refractivity contribution in [2.24, 2.45) is 5.41 Å². The second-order valence-corrected chi connectivity index (χ2v) is 8.74. The third-order valence-electron chi connectivity index (χ3n) is 6.93. The molecule has 0 saturated carbocycles. The van der Waals surface area contributed by atoms with E-state index in [1.54, 1.807) is 13.3 Å². The molecule has 152 valence electrons. The summed E-state index contributed by atoms with van der Waals surface area (Å²) in [6.07, 6.45) is 11.1. The molecule has 0 bridgehead atoms. The zero-order valence-electron chi connectivity index (χ0n) is 17.2. The fourth-order valence-corrected chi connectivity index (χ4v) is 5.29. The topological polar surface area (TPSA) is 44.4 Å². The van der Waals surface area contributed by atoms with E-state index >= 15 is 0 Å². The molecule has 0 radical (unpaired) electrons. The quantitative estimate of drug-likeness (QED) is 0.715. The Balaban J connectivity index is 1.25. The number of para-hydroxylation sites is 1. The average Bonchev–Trinajstić information content (AvgIpc) is 3.17. The Bertz CT molecular complexity index is 974. The van der Waals surface area contributed by atoms with E-state index in [1.165, 1.54) is 60.9 Å². The monoisotopic (exact) mass is 390 g/mol. The third-order valence-corrected chi connectivity index (χ3v) is 6.93. The van der Waals surface area contributed by atoms with Gasteiger partial charge in [0, 0.05) is 49.3 Å². The third kappa shape index (κ3) is 3.71. The van der Waals surface area contributed by atoms with Gasteiger partial charge in [0.15, 0.2) is 0 Å². The normalized spacial score (nSPS) is 19.7. The summed E-state index contributed by atoms with van der Waals surface area (Å²) in [6.45, 7) is 5.70. The molecule has 4 heterocycles. The Morgan fingerprint density at radius 2 is 1.97 bits per heavy atom. The van der Waals surface area contributed by atoms with Crippen LogP contribution in [0.25, 0.3) is 10.9 Å². The molecule has 0 amide bonds. The number of piperidine rings is 2. The summed E-state index contributed by atoms with van der Waals surface area (Å²) < 4.78 is 5.35. The maximum atomic E-state index is 5.35. The first-order valence-corrected chi connectivity index (χ1v) is 10.8. The van der Waals surface area contributed by atoms with Gasteiger partial charge >= 0.3 is 0 Å². The van der Waals surface area contributed by atoms with Crippen LogP contribution < -0.4 is 9.64 Å². The summed E-state index contributed by atoms with van der Waals surface area (Å²) in [7, 11) is 1.70. The van der Waals surface area contributed by atoms with E-state index in [9.17, 15) is 0 Å². The zero-order valence-corrected chi connectivity index (χ0v) is 17.2. The van der Waals surface area contributed by atoms with E-state index in [1.807, 2.05) is 6.20 Å². The minimum Gasteiger partial charge on any atom is -0.495 e. The number of pyridine rings is 1.